The minimum Gasteiger partial charge on any atom is -0.493 e. The Morgan fingerprint density at radius 2 is 1.95 bits per heavy atom. The Hall–Kier alpha value is -1.75. The van der Waals surface area contributed by atoms with Crippen molar-refractivity contribution < 1.29 is 14.3 Å². The second-order valence-electron chi connectivity index (χ2n) is 5.62. The van der Waals surface area contributed by atoms with Crippen LogP contribution in [0.15, 0.2) is 24.3 Å². The van der Waals surface area contributed by atoms with Crippen molar-refractivity contribution in [2.45, 2.75) is 19.8 Å². The number of hydrogen-bond acceptors (Lipinski definition) is 4. The normalized spacial score (nSPS) is 16.3. The van der Waals surface area contributed by atoms with E-state index in [9.17, 15) is 4.79 Å². The Morgan fingerprint density at radius 1 is 1.27 bits per heavy atom. The van der Waals surface area contributed by atoms with E-state index in [1.807, 2.05) is 18.2 Å². The summed E-state index contributed by atoms with van der Waals surface area (Å²) in [5.41, 5.74) is 0. The molecule has 0 atom stereocenters. The highest BCUT2D eigenvalue weighted by atomic mass is 16.5. The maximum absolute atomic E-state index is 11.9. The van der Waals surface area contributed by atoms with Crippen LogP contribution >= 0.6 is 0 Å². The summed E-state index contributed by atoms with van der Waals surface area (Å²) in [6.45, 7) is 6.34. The molecule has 0 saturated carbocycles. The molecule has 1 fully saturated rings. The van der Waals surface area contributed by atoms with Crippen molar-refractivity contribution in [2.75, 3.05) is 39.9 Å². The molecule has 1 aromatic rings. The molecule has 1 aromatic carbocycles. The number of nitrogens with zero attached hydrogens (tertiary/aromatic N) is 1. The maximum Gasteiger partial charge on any atom is 0.257 e. The van der Waals surface area contributed by atoms with Gasteiger partial charge in [0, 0.05) is 6.54 Å². The van der Waals surface area contributed by atoms with Gasteiger partial charge in [-0.25, -0.2) is 0 Å². The summed E-state index contributed by atoms with van der Waals surface area (Å²) in [6.07, 6.45) is 2.31. The number of benzene rings is 1. The van der Waals surface area contributed by atoms with Crippen LogP contribution in [0.3, 0.4) is 0 Å². The number of ether oxygens (including phenoxy) is 2. The summed E-state index contributed by atoms with van der Waals surface area (Å²) in [5.74, 6) is 1.74. The van der Waals surface area contributed by atoms with Gasteiger partial charge in [0.15, 0.2) is 18.1 Å². The van der Waals surface area contributed by atoms with Crippen LogP contribution in [0.1, 0.15) is 19.8 Å². The predicted molar refractivity (Wildman–Crippen MR) is 86.3 cm³/mol. The zero-order chi connectivity index (χ0) is 15.8. The average Bonchev–Trinajstić information content (AvgIpc) is 2.58. The molecule has 1 N–H and O–H groups in total. The van der Waals surface area contributed by atoms with E-state index in [1.54, 1.807) is 13.2 Å². The molecule has 1 saturated heterocycles. The fourth-order valence-corrected chi connectivity index (χ4v) is 2.70. The van der Waals surface area contributed by atoms with Gasteiger partial charge in [0.25, 0.3) is 5.91 Å². The molecule has 122 valence electrons. The van der Waals surface area contributed by atoms with Gasteiger partial charge in [-0.2, -0.15) is 0 Å². The van der Waals surface area contributed by atoms with Gasteiger partial charge in [-0.1, -0.05) is 19.1 Å². The van der Waals surface area contributed by atoms with Crippen LogP contribution in [0.2, 0.25) is 0 Å². The number of likely N-dealkylation sites (tertiary alicyclic amines) is 1. The van der Waals surface area contributed by atoms with Gasteiger partial charge in [0.1, 0.15) is 0 Å². The second kappa shape index (κ2) is 8.63. The number of carbonyl (C=O) groups is 1. The molecule has 1 heterocycles. The van der Waals surface area contributed by atoms with Crippen LogP contribution in [0, 0.1) is 5.92 Å². The summed E-state index contributed by atoms with van der Waals surface area (Å²) in [6, 6.07) is 7.34. The minimum atomic E-state index is -0.0798. The molecule has 0 aliphatic carbocycles. The van der Waals surface area contributed by atoms with Crippen LogP contribution in [0.5, 0.6) is 11.5 Å². The second-order valence-corrected chi connectivity index (χ2v) is 5.62. The molecule has 22 heavy (non-hydrogen) atoms. The molecule has 0 spiro atoms. The average molecular weight is 306 g/mol. The highest BCUT2D eigenvalue weighted by molar-refractivity contribution is 5.77. The van der Waals surface area contributed by atoms with Crippen molar-refractivity contribution in [1.82, 2.24) is 10.2 Å². The molecular weight excluding hydrogens is 280 g/mol. The number of para-hydroxylation sites is 2. The van der Waals surface area contributed by atoms with E-state index in [0.29, 0.717) is 17.4 Å². The first-order valence-corrected chi connectivity index (χ1v) is 7.97. The third kappa shape index (κ3) is 4.91. The van der Waals surface area contributed by atoms with E-state index in [-0.39, 0.29) is 12.5 Å². The quantitative estimate of drug-likeness (QED) is 0.836. The van der Waals surface area contributed by atoms with Crippen molar-refractivity contribution in [3.8, 4) is 11.5 Å². The number of rotatable bonds is 7. The molecule has 0 unspecified atom stereocenters. The summed E-state index contributed by atoms with van der Waals surface area (Å²) >= 11 is 0. The van der Waals surface area contributed by atoms with Gasteiger partial charge in [-0.3, -0.25) is 4.79 Å². The van der Waals surface area contributed by atoms with Crippen molar-refractivity contribution in [3.05, 3.63) is 24.3 Å². The van der Waals surface area contributed by atoms with Crippen LogP contribution in [-0.4, -0.2) is 50.7 Å². The Bertz CT molecular complexity index is 471. The Balaban J connectivity index is 1.68. The third-order valence-electron chi connectivity index (χ3n) is 4.17. The molecule has 5 heteroatoms. The van der Waals surface area contributed by atoms with Crippen molar-refractivity contribution in [2.24, 2.45) is 5.92 Å². The molecule has 0 aromatic heterocycles. The van der Waals surface area contributed by atoms with Crippen LogP contribution in [-0.2, 0) is 4.79 Å². The summed E-state index contributed by atoms with van der Waals surface area (Å²) in [5, 5.41) is 2.97. The first-order valence-electron chi connectivity index (χ1n) is 7.97. The van der Waals surface area contributed by atoms with E-state index in [4.69, 9.17) is 9.47 Å². The molecular formula is C17H26N2O3. The lowest BCUT2D eigenvalue weighted by molar-refractivity contribution is -0.123. The molecule has 2 rings (SSSR count). The maximum atomic E-state index is 11.9. The molecule has 1 aliphatic rings. The third-order valence-corrected chi connectivity index (χ3v) is 4.17. The van der Waals surface area contributed by atoms with E-state index in [2.05, 4.69) is 17.1 Å². The molecule has 0 radical (unpaired) electrons. The Kier molecular flexibility index (Phi) is 6.52. The lowest BCUT2D eigenvalue weighted by Crippen LogP contribution is -2.39. The van der Waals surface area contributed by atoms with Crippen molar-refractivity contribution in [1.29, 1.82) is 0 Å². The van der Waals surface area contributed by atoms with Gasteiger partial charge in [0.05, 0.1) is 7.11 Å². The topological polar surface area (TPSA) is 50.8 Å². The molecule has 0 bridgehead atoms. The Labute approximate surface area is 132 Å². The van der Waals surface area contributed by atoms with E-state index < -0.39 is 0 Å². The number of piperidine rings is 1. The highest BCUT2D eigenvalue weighted by Crippen LogP contribution is 2.25. The van der Waals surface area contributed by atoms with Crippen molar-refractivity contribution >= 4 is 5.91 Å². The molecule has 1 aliphatic heterocycles. The zero-order valence-corrected chi connectivity index (χ0v) is 13.5. The monoisotopic (exact) mass is 306 g/mol. The Morgan fingerprint density at radius 3 is 2.59 bits per heavy atom. The smallest absolute Gasteiger partial charge is 0.257 e. The zero-order valence-electron chi connectivity index (χ0n) is 13.5. The highest BCUT2D eigenvalue weighted by Gasteiger charge is 2.18. The van der Waals surface area contributed by atoms with Gasteiger partial charge in [-0.15, -0.1) is 0 Å². The fourth-order valence-electron chi connectivity index (χ4n) is 2.70. The number of carbonyl (C=O) groups excluding carboxylic acids is 1. The predicted octanol–water partition coefficient (Wildman–Crippen LogP) is 1.92. The minimum absolute atomic E-state index is 0.0220. The first-order chi connectivity index (χ1) is 10.7. The first kappa shape index (κ1) is 16.6. The van der Waals surface area contributed by atoms with E-state index >= 15 is 0 Å². The van der Waals surface area contributed by atoms with Crippen LogP contribution in [0.25, 0.3) is 0 Å². The van der Waals surface area contributed by atoms with Gasteiger partial charge < -0.3 is 19.7 Å². The van der Waals surface area contributed by atoms with Crippen LogP contribution < -0.4 is 14.8 Å². The largest absolute Gasteiger partial charge is 0.493 e. The number of methoxy groups -OCH3 is 1. The summed E-state index contributed by atoms with van der Waals surface area (Å²) in [7, 11) is 1.59. The lowest BCUT2D eigenvalue weighted by atomic mass is 9.97. The van der Waals surface area contributed by atoms with Crippen LogP contribution in [0.4, 0.5) is 0 Å². The van der Waals surface area contributed by atoms with Gasteiger partial charge in [0.2, 0.25) is 0 Å². The SMILES string of the molecule is CCN1CCC(CNC(=O)COc2ccccc2OC)CC1. The molecule has 1 amide bonds. The van der Waals surface area contributed by atoms with Gasteiger partial charge >= 0.3 is 0 Å². The molecule has 5 nitrogen and oxygen atoms in total. The number of amides is 1. The summed E-state index contributed by atoms with van der Waals surface area (Å²) < 4.78 is 10.7. The number of nitrogens with one attached hydrogen (secondary N) is 1. The van der Waals surface area contributed by atoms with Gasteiger partial charge in [-0.05, 0) is 50.5 Å². The fraction of sp³-hybridized carbons (Fsp3) is 0.588. The standard InChI is InChI=1S/C17H26N2O3/c1-3-19-10-8-14(9-11-19)12-18-17(20)13-22-16-7-5-4-6-15(16)21-2/h4-7,14H,3,8-13H2,1-2H3,(H,18,20). The van der Waals surface area contributed by atoms with E-state index in [1.165, 1.54) is 0 Å². The van der Waals surface area contributed by atoms with E-state index in [0.717, 1.165) is 39.0 Å². The summed E-state index contributed by atoms with van der Waals surface area (Å²) in [4.78, 5) is 14.3. The lowest BCUT2D eigenvalue weighted by Gasteiger charge is -2.31. The van der Waals surface area contributed by atoms with Crippen molar-refractivity contribution in [3.63, 3.8) is 0 Å². The number of hydrogen-bond donors (Lipinski definition) is 1.